The molecule has 0 heterocycles. The summed E-state index contributed by atoms with van der Waals surface area (Å²) in [7, 11) is -7.76. The van der Waals surface area contributed by atoms with Crippen LogP contribution >= 0.6 is 0 Å². The van der Waals surface area contributed by atoms with Crippen molar-refractivity contribution in [3.63, 3.8) is 0 Å². The number of carbonyl (C=O) groups excluding carboxylic acids is 1. The molecule has 0 spiro atoms. The lowest BCUT2D eigenvalue weighted by molar-refractivity contribution is -0.117. The van der Waals surface area contributed by atoms with Crippen LogP contribution in [0.15, 0.2) is 58.3 Å². The van der Waals surface area contributed by atoms with Crippen LogP contribution in [0.2, 0.25) is 0 Å². The minimum atomic E-state index is -3.92. The van der Waals surface area contributed by atoms with Gasteiger partial charge in [0.25, 0.3) is 0 Å². The fourth-order valence-corrected chi connectivity index (χ4v) is 3.93. The number of ether oxygens (including phenoxy) is 1. The highest BCUT2D eigenvalue weighted by Crippen LogP contribution is 2.17. The number of anilines is 1. The second kappa shape index (κ2) is 8.69. The largest absolute Gasteiger partial charge is 0.494 e. The van der Waals surface area contributed by atoms with E-state index in [-0.39, 0.29) is 9.79 Å². The molecule has 0 radical (unpaired) electrons. The minimum absolute atomic E-state index is 0.00638. The van der Waals surface area contributed by atoms with Crippen LogP contribution in [0, 0.1) is 0 Å². The van der Waals surface area contributed by atoms with Gasteiger partial charge in [-0.25, -0.2) is 22.0 Å². The first-order valence-electron chi connectivity index (χ1n) is 8.22. The molecule has 28 heavy (non-hydrogen) atoms. The summed E-state index contributed by atoms with van der Waals surface area (Å²) in [6.07, 6.45) is 0. The Morgan fingerprint density at radius 2 is 1.54 bits per heavy atom. The van der Waals surface area contributed by atoms with E-state index in [1.54, 1.807) is 0 Å². The maximum Gasteiger partial charge on any atom is 0.242 e. The summed E-state index contributed by atoms with van der Waals surface area (Å²) in [5.41, 5.74) is 0.296. The molecule has 0 fully saturated rings. The van der Waals surface area contributed by atoms with Crippen LogP contribution in [-0.4, -0.2) is 35.4 Å². The summed E-state index contributed by atoms with van der Waals surface area (Å²) in [4.78, 5) is 12.1. The highest BCUT2D eigenvalue weighted by atomic mass is 32.2. The third-order valence-corrected chi connectivity index (χ3v) is 6.11. The summed E-state index contributed by atoms with van der Waals surface area (Å²) in [5.74, 6) is -0.0759. The van der Waals surface area contributed by atoms with E-state index < -0.39 is 32.0 Å². The van der Waals surface area contributed by atoms with Crippen LogP contribution < -0.4 is 19.9 Å². The zero-order chi connectivity index (χ0) is 20.9. The normalized spacial score (nSPS) is 13.0. The molecule has 0 aliphatic heterocycles. The summed E-state index contributed by atoms with van der Waals surface area (Å²) in [5, 5.41) is 7.51. The molecular formula is C17H21N3O6S2. The van der Waals surface area contributed by atoms with Gasteiger partial charge in [0, 0.05) is 5.69 Å². The zero-order valence-electron chi connectivity index (χ0n) is 15.2. The van der Waals surface area contributed by atoms with Gasteiger partial charge in [-0.05, 0) is 62.4 Å². The molecule has 0 aromatic heterocycles. The molecule has 1 amide bonds. The van der Waals surface area contributed by atoms with Crippen molar-refractivity contribution in [3.05, 3.63) is 48.5 Å². The van der Waals surface area contributed by atoms with E-state index in [1.807, 2.05) is 6.92 Å². The predicted molar refractivity (Wildman–Crippen MR) is 104 cm³/mol. The highest BCUT2D eigenvalue weighted by molar-refractivity contribution is 7.89. The number of hydrogen-bond acceptors (Lipinski definition) is 6. The van der Waals surface area contributed by atoms with Crippen LogP contribution in [-0.2, 0) is 24.8 Å². The Hall–Kier alpha value is -2.47. The lowest BCUT2D eigenvalue weighted by Crippen LogP contribution is -2.41. The van der Waals surface area contributed by atoms with Crippen LogP contribution in [0.5, 0.6) is 5.75 Å². The maximum absolute atomic E-state index is 12.4. The molecule has 2 rings (SSSR count). The Labute approximate surface area is 164 Å². The topological polar surface area (TPSA) is 145 Å². The van der Waals surface area contributed by atoms with Gasteiger partial charge in [0.1, 0.15) is 5.75 Å². The van der Waals surface area contributed by atoms with E-state index in [4.69, 9.17) is 9.88 Å². The molecule has 9 nitrogen and oxygen atoms in total. The van der Waals surface area contributed by atoms with Gasteiger partial charge in [0.05, 0.1) is 22.4 Å². The van der Waals surface area contributed by atoms with Gasteiger partial charge in [-0.2, -0.15) is 4.72 Å². The van der Waals surface area contributed by atoms with E-state index in [1.165, 1.54) is 55.5 Å². The molecule has 4 N–H and O–H groups in total. The SMILES string of the molecule is CCOc1ccc(S(=O)(=O)N[C@H](C)C(=O)Nc2ccc(S(N)(=O)=O)cc2)cc1. The lowest BCUT2D eigenvalue weighted by Gasteiger charge is -2.15. The molecule has 2 aromatic rings. The minimum Gasteiger partial charge on any atom is -0.494 e. The van der Waals surface area contributed by atoms with E-state index in [0.717, 1.165) is 0 Å². The van der Waals surface area contributed by atoms with Crippen LogP contribution in [0.4, 0.5) is 5.69 Å². The van der Waals surface area contributed by atoms with Gasteiger partial charge in [-0.1, -0.05) is 0 Å². The number of hydrogen-bond donors (Lipinski definition) is 3. The first-order valence-corrected chi connectivity index (χ1v) is 11.2. The number of amides is 1. The van der Waals surface area contributed by atoms with Crippen molar-refractivity contribution in [2.24, 2.45) is 5.14 Å². The van der Waals surface area contributed by atoms with Crippen molar-refractivity contribution in [1.29, 1.82) is 0 Å². The van der Waals surface area contributed by atoms with E-state index in [9.17, 15) is 21.6 Å². The Morgan fingerprint density at radius 3 is 2.04 bits per heavy atom. The molecule has 11 heteroatoms. The quantitative estimate of drug-likeness (QED) is 0.574. The van der Waals surface area contributed by atoms with Gasteiger partial charge in [-0.3, -0.25) is 4.79 Å². The third kappa shape index (κ3) is 5.76. The van der Waals surface area contributed by atoms with Crippen LogP contribution in [0.1, 0.15) is 13.8 Å². The molecular weight excluding hydrogens is 406 g/mol. The molecule has 152 valence electrons. The lowest BCUT2D eigenvalue weighted by atomic mass is 10.3. The number of nitrogens with two attached hydrogens (primary N) is 1. The van der Waals surface area contributed by atoms with E-state index in [0.29, 0.717) is 18.0 Å². The molecule has 0 bridgehead atoms. The maximum atomic E-state index is 12.4. The van der Waals surface area contributed by atoms with Crippen molar-refractivity contribution in [3.8, 4) is 5.75 Å². The van der Waals surface area contributed by atoms with Crippen LogP contribution in [0.3, 0.4) is 0 Å². The molecule has 0 saturated carbocycles. The number of sulfonamides is 2. The Balaban J connectivity index is 2.04. The van der Waals surface area contributed by atoms with Crippen molar-refractivity contribution in [2.75, 3.05) is 11.9 Å². The third-order valence-electron chi connectivity index (χ3n) is 3.62. The first-order chi connectivity index (χ1) is 13.0. The summed E-state index contributed by atoms with van der Waals surface area (Å²) < 4.78 is 54.8. The number of nitrogens with one attached hydrogen (secondary N) is 2. The number of rotatable bonds is 8. The summed E-state index contributed by atoms with van der Waals surface area (Å²) >= 11 is 0. The summed E-state index contributed by atoms with van der Waals surface area (Å²) in [6.45, 7) is 3.66. The molecule has 2 aromatic carbocycles. The average molecular weight is 428 g/mol. The van der Waals surface area contributed by atoms with Gasteiger partial charge in [0.15, 0.2) is 0 Å². The van der Waals surface area contributed by atoms with Gasteiger partial charge >= 0.3 is 0 Å². The number of primary sulfonamides is 1. The second-order valence-electron chi connectivity index (χ2n) is 5.81. The first kappa shape index (κ1) is 21.8. The fourth-order valence-electron chi connectivity index (χ4n) is 2.21. The molecule has 0 unspecified atom stereocenters. The van der Waals surface area contributed by atoms with Gasteiger partial charge in [0.2, 0.25) is 26.0 Å². The predicted octanol–water partition coefficient (Wildman–Crippen LogP) is 1.04. The Kier molecular flexibility index (Phi) is 6.77. The van der Waals surface area contributed by atoms with Gasteiger partial charge in [-0.15, -0.1) is 0 Å². The fraction of sp³-hybridized carbons (Fsp3) is 0.235. The molecule has 1 atom stereocenters. The summed E-state index contributed by atoms with van der Waals surface area (Å²) in [6, 6.07) is 9.91. The van der Waals surface area contributed by atoms with Crippen molar-refractivity contribution in [2.45, 2.75) is 29.7 Å². The Bertz CT molecular complexity index is 1030. The monoisotopic (exact) mass is 427 g/mol. The smallest absolute Gasteiger partial charge is 0.242 e. The number of benzene rings is 2. The van der Waals surface area contributed by atoms with E-state index in [2.05, 4.69) is 10.0 Å². The highest BCUT2D eigenvalue weighted by Gasteiger charge is 2.22. The zero-order valence-corrected chi connectivity index (χ0v) is 16.9. The average Bonchev–Trinajstić information content (AvgIpc) is 2.62. The molecule has 0 aliphatic carbocycles. The number of carbonyl (C=O) groups is 1. The molecule has 0 aliphatic rings. The second-order valence-corrected chi connectivity index (χ2v) is 9.08. The van der Waals surface area contributed by atoms with Crippen molar-refractivity contribution < 1.29 is 26.4 Å². The van der Waals surface area contributed by atoms with Crippen molar-refractivity contribution >= 4 is 31.6 Å². The Morgan fingerprint density at radius 1 is 1.00 bits per heavy atom. The van der Waals surface area contributed by atoms with Gasteiger partial charge < -0.3 is 10.1 Å². The standard InChI is InChI=1S/C17H21N3O6S2/c1-3-26-14-6-10-16(11-7-14)28(24,25)20-12(2)17(21)19-13-4-8-15(9-5-13)27(18,22)23/h4-12,20H,3H2,1-2H3,(H,19,21)(H2,18,22,23)/t12-/m1/s1. The van der Waals surface area contributed by atoms with Crippen LogP contribution in [0.25, 0.3) is 0 Å². The van der Waals surface area contributed by atoms with E-state index >= 15 is 0 Å². The van der Waals surface area contributed by atoms with Crippen molar-refractivity contribution in [1.82, 2.24) is 4.72 Å². The molecule has 0 saturated heterocycles.